The molecule has 9 heavy (non-hydrogen) atoms. The molecule has 0 saturated carbocycles. The van der Waals surface area contributed by atoms with E-state index in [0.29, 0.717) is 0 Å². The van der Waals surface area contributed by atoms with E-state index in [9.17, 15) is 0 Å². The second-order valence-electron chi connectivity index (χ2n) is 0.408. The summed E-state index contributed by atoms with van der Waals surface area (Å²) in [5.41, 5.74) is 0. The zero-order valence-corrected chi connectivity index (χ0v) is 5.60. The minimum Gasteiger partial charge on any atom is -0.759 e. The molecule has 1 radical (unpaired) electrons. The van der Waals surface area contributed by atoms with Crippen LogP contribution in [-0.2, 0) is 27.5 Å². The fourth-order valence-corrected chi connectivity index (χ4v) is 0. The summed E-state index contributed by atoms with van der Waals surface area (Å²) in [6, 6.07) is 0. The molecule has 0 bridgehead atoms. The van der Waals surface area contributed by atoms with Gasteiger partial charge in [-0.1, -0.05) is 0 Å². The zero-order valence-electron chi connectivity index (χ0n) is 3.84. The Kier molecular flexibility index (Phi) is 43.0. The summed E-state index contributed by atoms with van der Waals surface area (Å²) in [4.78, 5) is 0. The molecule has 6 N–H and O–H groups in total. The first-order valence-corrected chi connectivity index (χ1v) is 2.00. The largest absolute Gasteiger partial charge is 2.00 e. The van der Waals surface area contributed by atoms with Crippen molar-refractivity contribution in [1.82, 2.24) is 0 Å². The van der Waals surface area contributed by atoms with E-state index in [1.807, 2.05) is 0 Å². The predicted octanol–water partition coefficient (Wildman–Crippen LogP) is -3.81. The number of hydrogen-bond acceptors (Lipinski definition) is 4. The second kappa shape index (κ2) is 11.1. The second-order valence-corrected chi connectivity index (χ2v) is 1.22. The van der Waals surface area contributed by atoms with Gasteiger partial charge in [0.1, 0.15) is 0 Å². The third-order valence-corrected chi connectivity index (χ3v) is 0. The van der Waals surface area contributed by atoms with Gasteiger partial charge in [-0.15, -0.1) is 0 Å². The Morgan fingerprint density at radius 3 is 0.889 bits per heavy atom. The van der Waals surface area contributed by atoms with Gasteiger partial charge in [0, 0.05) is 10.4 Å². The van der Waals surface area contributed by atoms with Gasteiger partial charge in [-0.25, -0.2) is 0 Å². The summed E-state index contributed by atoms with van der Waals surface area (Å²) >= 11 is 0. The van der Waals surface area contributed by atoms with Crippen molar-refractivity contribution in [2.45, 2.75) is 0 Å². The van der Waals surface area contributed by atoms with Crippen LogP contribution in [0.15, 0.2) is 0 Å². The van der Waals surface area contributed by atoms with Crippen LogP contribution in [0.2, 0.25) is 0 Å². The van der Waals surface area contributed by atoms with Gasteiger partial charge in [0.05, 0.1) is 0 Å². The molecule has 0 aliphatic carbocycles. The summed E-state index contributed by atoms with van der Waals surface area (Å²) in [7, 11) is -5.17. The van der Waals surface area contributed by atoms with Crippen LogP contribution in [0.5, 0.6) is 0 Å². The minimum absolute atomic E-state index is 0. The molecule has 0 fully saturated rings. The summed E-state index contributed by atoms with van der Waals surface area (Å²) in [6.07, 6.45) is 0. The number of rotatable bonds is 0. The quantitative estimate of drug-likeness (QED) is 0.228. The van der Waals surface area contributed by atoms with Crippen LogP contribution in [-0.4, -0.2) is 34.0 Å². The molecule has 0 heterocycles. The standard InChI is InChI=1S/Cu.H2O4S.3H2O/c;1-5(2,3)4;;;/h;(H2,1,2,3,4);3*1H2/q+2;;;;/p-2. The maximum Gasteiger partial charge on any atom is 2.00 e. The van der Waals surface area contributed by atoms with E-state index >= 15 is 0 Å². The van der Waals surface area contributed by atoms with Gasteiger partial charge >= 0.3 is 17.1 Å². The van der Waals surface area contributed by atoms with Gasteiger partial charge < -0.3 is 25.5 Å². The Bertz CT molecular complexity index is 92.1. The Balaban J connectivity index is -0.0000000133. The Morgan fingerprint density at radius 2 is 0.889 bits per heavy atom. The van der Waals surface area contributed by atoms with E-state index in [1.165, 1.54) is 0 Å². The van der Waals surface area contributed by atoms with Crippen LogP contribution in [0.1, 0.15) is 0 Å². The van der Waals surface area contributed by atoms with Crippen LogP contribution in [0.25, 0.3) is 0 Å². The van der Waals surface area contributed by atoms with Crippen LogP contribution in [0.4, 0.5) is 0 Å². The van der Waals surface area contributed by atoms with E-state index in [1.54, 1.807) is 0 Å². The molecule has 0 saturated heterocycles. The van der Waals surface area contributed by atoms with Crippen LogP contribution in [0, 0.1) is 0 Å². The van der Waals surface area contributed by atoms with Gasteiger partial charge in [0.2, 0.25) is 0 Å². The van der Waals surface area contributed by atoms with Crippen molar-refractivity contribution < 1.29 is 51.0 Å². The van der Waals surface area contributed by atoms with E-state index in [0.717, 1.165) is 0 Å². The molecule has 0 aromatic carbocycles. The molecule has 0 aromatic heterocycles. The van der Waals surface area contributed by atoms with Gasteiger partial charge in [-0.05, 0) is 0 Å². The molecule has 0 aromatic rings. The average molecular weight is 214 g/mol. The van der Waals surface area contributed by atoms with Crippen molar-refractivity contribution in [1.29, 1.82) is 0 Å². The summed E-state index contributed by atoms with van der Waals surface area (Å²) in [5, 5.41) is 0. The number of hydrogen-bond donors (Lipinski definition) is 0. The van der Waals surface area contributed by atoms with E-state index < -0.39 is 10.4 Å². The molecule has 65 valence electrons. The topological polar surface area (TPSA) is 175 Å². The molecular weight excluding hydrogens is 208 g/mol. The monoisotopic (exact) mass is 213 g/mol. The van der Waals surface area contributed by atoms with Gasteiger partial charge in [-0.2, -0.15) is 0 Å². The first-order valence-electron chi connectivity index (χ1n) is 0.667. The molecule has 9 heteroatoms. The summed E-state index contributed by atoms with van der Waals surface area (Å²) in [5.74, 6) is 0. The smallest absolute Gasteiger partial charge is 0.759 e. The van der Waals surface area contributed by atoms with E-state index in [2.05, 4.69) is 0 Å². The van der Waals surface area contributed by atoms with Crippen molar-refractivity contribution in [3.8, 4) is 0 Å². The summed E-state index contributed by atoms with van der Waals surface area (Å²) in [6.45, 7) is 0. The Hall–Kier alpha value is 0.269. The molecule has 7 nitrogen and oxygen atoms in total. The van der Waals surface area contributed by atoms with E-state index in [4.69, 9.17) is 17.5 Å². The molecule has 0 atom stereocenters. The normalized spacial score (nSPS) is 6.44. The molecule has 0 rings (SSSR count). The fourth-order valence-electron chi connectivity index (χ4n) is 0. The van der Waals surface area contributed by atoms with Crippen molar-refractivity contribution in [3.63, 3.8) is 0 Å². The van der Waals surface area contributed by atoms with Crippen molar-refractivity contribution in [2.24, 2.45) is 0 Å². The Morgan fingerprint density at radius 1 is 0.889 bits per heavy atom. The van der Waals surface area contributed by atoms with Crippen molar-refractivity contribution >= 4 is 10.4 Å². The summed E-state index contributed by atoms with van der Waals surface area (Å²) < 4.78 is 34.1. The average Bonchev–Trinajstić information content (AvgIpc) is 0.722. The molecular formula is H6CuO7S. The molecule has 0 spiro atoms. The van der Waals surface area contributed by atoms with E-state index in [-0.39, 0.29) is 33.5 Å². The van der Waals surface area contributed by atoms with Gasteiger partial charge in [0.25, 0.3) is 0 Å². The molecule has 0 aliphatic heterocycles. The minimum atomic E-state index is -5.17. The maximum absolute atomic E-state index is 8.52. The third-order valence-electron chi connectivity index (χ3n) is 0. The van der Waals surface area contributed by atoms with Gasteiger partial charge in [0.15, 0.2) is 0 Å². The van der Waals surface area contributed by atoms with Gasteiger partial charge in [-0.3, -0.25) is 8.42 Å². The van der Waals surface area contributed by atoms with Crippen LogP contribution >= 0.6 is 0 Å². The molecule has 0 amide bonds. The van der Waals surface area contributed by atoms with Crippen molar-refractivity contribution in [3.05, 3.63) is 0 Å². The zero-order chi connectivity index (χ0) is 4.50. The Labute approximate surface area is 62.0 Å². The maximum atomic E-state index is 8.52. The predicted molar refractivity (Wildman–Crippen MR) is 21.3 cm³/mol. The third kappa shape index (κ3) is 4480. The fraction of sp³-hybridized carbons (Fsp3) is 0. The first-order chi connectivity index (χ1) is 2.00. The molecule has 0 unspecified atom stereocenters. The van der Waals surface area contributed by atoms with Crippen molar-refractivity contribution in [2.75, 3.05) is 0 Å². The van der Waals surface area contributed by atoms with Crippen LogP contribution < -0.4 is 0 Å². The first kappa shape index (κ1) is 34.8. The van der Waals surface area contributed by atoms with Crippen LogP contribution in [0.3, 0.4) is 0 Å². The molecule has 0 aliphatic rings. The SMILES string of the molecule is O.O.O.O=S(=O)([O-])[O-].[Cu+2].